The summed E-state index contributed by atoms with van der Waals surface area (Å²) in [6.45, 7) is 4.07. The number of aryl methyl sites for hydroxylation is 2. The van der Waals surface area contributed by atoms with Crippen LogP contribution in [0.2, 0.25) is 0 Å². The van der Waals surface area contributed by atoms with Crippen molar-refractivity contribution in [1.29, 1.82) is 0 Å². The van der Waals surface area contributed by atoms with Gasteiger partial charge in [-0.15, -0.1) is 0 Å². The Kier molecular flexibility index (Phi) is 4.94. The molecule has 0 aromatic heterocycles. The zero-order chi connectivity index (χ0) is 16.1. The number of ether oxygens (including phenoxy) is 1. The summed E-state index contributed by atoms with van der Waals surface area (Å²) < 4.78 is 5.27. The van der Waals surface area contributed by atoms with Crippen LogP contribution in [-0.2, 0) is 6.42 Å². The third kappa shape index (κ3) is 3.34. The maximum absolute atomic E-state index is 10.2. The molecule has 22 heavy (non-hydrogen) atoms. The predicted molar refractivity (Wildman–Crippen MR) is 91.0 cm³/mol. The Balaban J connectivity index is 2.34. The maximum atomic E-state index is 10.2. The van der Waals surface area contributed by atoms with Crippen LogP contribution >= 0.6 is 0 Å². The van der Waals surface area contributed by atoms with E-state index >= 15 is 0 Å². The van der Waals surface area contributed by atoms with Gasteiger partial charge in [-0.05, 0) is 30.5 Å². The van der Waals surface area contributed by atoms with Crippen LogP contribution in [0.4, 0.5) is 5.69 Å². The second-order valence-electron chi connectivity index (χ2n) is 5.11. The molecular formula is C18H22N2O2. The van der Waals surface area contributed by atoms with Crippen molar-refractivity contribution in [3.8, 4) is 11.5 Å². The highest BCUT2D eigenvalue weighted by Gasteiger charge is 2.10. The van der Waals surface area contributed by atoms with Gasteiger partial charge in [-0.3, -0.25) is 0 Å². The second kappa shape index (κ2) is 6.89. The topological polar surface area (TPSA) is 67.5 Å². The van der Waals surface area contributed by atoms with E-state index in [1.54, 1.807) is 13.2 Å². The molecule has 2 aromatic rings. The highest BCUT2D eigenvalue weighted by molar-refractivity contribution is 5.79. The van der Waals surface area contributed by atoms with Crippen molar-refractivity contribution in [3.63, 3.8) is 0 Å². The van der Waals surface area contributed by atoms with E-state index in [4.69, 9.17) is 10.5 Å². The number of anilines is 1. The summed E-state index contributed by atoms with van der Waals surface area (Å²) in [7, 11) is 1.60. The summed E-state index contributed by atoms with van der Waals surface area (Å²) in [5.41, 5.74) is 10.2. The van der Waals surface area contributed by atoms with Crippen LogP contribution in [0.1, 0.15) is 23.6 Å². The number of rotatable bonds is 5. The van der Waals surface area contributed by atoms with Gasteiger partial charge in [0.15, 0.2) is 0 Å². The van der Waals surface area contributed by atoms with Crippen molar-refractivity contribution in [2.45, 2.75) is 20.3 Å². The van der Waals surface area contributed by atoms with Crippen molar-refractivity contribution in [2.75, 3.05) is 12.4 Å². The number of hydrogen-bond donors (Lipinski definition) is 3. The summed E-state index contributed by atoms with van der Waals surface area (Å²) in [5.74, 6) is 0.805. The first-order valence-electron chi connectivity index (χ1n) is 7.24. The number of nitrogens with one attached hydrogen (secondary N) is 1. The zero-order valence-corrected chi connectivity index (χ0v) is 13.2. The standard InChI is InChI=1S/C18H22N2O2/c1-4-13-9-15(17(21)10-18(13)22-3)20-16(11-19)14-7-5-12(2)6-8-14/h5-11,20-21H,4,19H2,1-3H3/b16-11-. The van der Waals surface area contributed by atoms with Gasteiger partial charge in [-0.25, -0.2) is 0 Å². The van der Waals surface area contributed by atoms with Gasteiger partial charge in [-0.2, -0.15) is 0 Å². The molecule has 4 heteroatoms. The zero-order valence-electron chi connectivity index (χ0n) is 13.2. The molecule has 0 heterocycles. The van der Waals surface area contributed by atoms with Crippen LogP contribution < -0.4 is 15.8 Å². The lowest BCUT2D eigenvalue weighted by Crippen LogP contribution is -2.03. The Morgan fingerprint density at radius 1 is 1.27 bits per heavy atom. The largest absolute Gasteiger partial charge is 0.506 e. The second-order valence-corrected chi connectivity index (χ2v) is 5.11. The number of aromatic hydroxyl groups is 1. The number of phenolic OH excluding ortho intramolecular Hbond substituents is 1. The van der Waals surface area contributed by atoms with Crippen molar-refractivity contribution >= 4 is 11.4 Å². The summed E-state index contributed by atoms with van der Waals surface area (Å²) in [5, 5.41) is 13.4. The molecule has 0 atom stereocenters. The fourth-order valence-corrected chi connectivity index (χ4v) is 2.27. The van der Waals surface area contributed by atoms with Crippen LogP contribution in [0.15, 0.2) is 42.6 Å². The van der Waals surface area contributed by atoms with Crippen LogP contribution in [0, 0.1) is 6.92 Å². The molecule has 0 saturated heterocycles. The minimum Gasteiger partial charge on any atom is -0.506 e. The minimum atomic E-state index is 0.125. The Labute approximate surface area is 131 Å². The Hall–Kier alpha value is -2.62. The van der Waals surface area contributed by atoms with Gasteiger partial charge in [0.2, 0.25) is 0 Å². The summed E-state index contributed by atoms with van der Waals surface area (Å²) >= 11 is 0. The first-order valence-corrected chi connectivity index (χ1v) is 7.24. The average molecular weight is 298 g/mol. The molecule has 0 radical (unpaired) electrons. The SMILES string of the molecule is CCc1cc(N/C(=C\N)c2ccc(C)cc2)c(O)cc1OC. The van der Waals surface area contributed by atoms with Crippen molar-refractivity contribution < 1.29 is 9.84 Å². The maximum Gasteiger partial charge on any atom is 0.142 e. The van der Waals surface area contributed by atoms with Gasteiger partial charge in [0, 0.05) is 12.3 Å². The van der Waals surface area contributed by atoms with Crippen LogP contribution in [-0.4, -0.2) is 12.2 Å². The number of methoxy groups -OCH3 is 1. The van der Waals surface area contributed by atoms with Crippen LogP contribution in [0.5, 0.6) is 11.5 Å². The molecule has 0 fully saturated rings. The number of nitrogens with two attached hydrogens (primary N) is 1. The van der Waals surface area contributed by atoms with Gasteiger partial charge in [0.25, 0.3) is 0 Å². The first-order chi connectivity index (χ1) is 10.6. The van der Waals surface area contributed by atoms with Crippen LogP contribution in [0.25, 0.3) is 5.70 Å². The molecule has 4 nitrogen and oxygen atoms in total. The van der Waals surface area contributed by atoms with Gasteiger partial charge in [0.05, 0.1) is 18.5 Å². The number of hydrogen-bond acceptors (Lipinski definition) is 4. The van der Waals surface area contributed by atoms with E-state index in [1.165, 1.54) is 11.8 Å². The Morgan fingerprint density at radius 3 is 2.50 bits per heavy atom. The average Bonchev–Trinajstić information content (AvgIpc) is 2.54. The third-order valence-electron chi connectivity index (χ3n) is 3.58. The molecule has 0 spiro atoms. The van der Waals surface area contributed by atoms with Gasteiger partial charge in [-0.1, -0.05) is 36.8 Å². The molecule has 2 aromatic carbocycles. The number of benzene rings is 2. The predicted octanol–water partition coefficient (Wildman–Crippen LogP) is 3.64. The molecule has 4 N–H and O–H groups in total. The minimum absolute atomic E-state index is 0.125. The van der Waals surface area contributed by atoms with E-state index in [0.29, 0.717) is 11.4 Å². The van der Waals surface area contributed by atoms with Gasteiger partial charge in [0.1, 0.15) is 11.5 Å². The first kappa shape index (κ1) is 15.8. The van der Waals surface area contributed by atoms with Crippen molar-refractivity contribution in [3.05, 3.63) is 59.3 Å². The van der Waals surface area contributed by atoms with Gasteiger partial charge >= 0.3 is 0 Å². The summed E-state index contributed by atoms with van der Waals surface area (Å²) in [4.78, 5) is 0. The summed E-state index contributed by atoms with van der Waals surface area (Å²) in [6.07, 6.45) is 2.31. The highest BCUT2D eigenvalue weighted by Crippen LogP contribution is 2.34. The fourth-order valence-electron chi connectivity index (χ4n) is 2.27. The summed E-state index contributed by atoms with van der Waals surface area (Å²) in [6, 6.07) is 11.5. The molecule has 0 saturated carbocycles. The molecule has 0 aliphatic carbocycles. The highest BCUT2D eigenvalue weighted by atomic mass is 16.5. The fraction of sp³-hybridized carbons (Fsp3) is 0.222. The lowest BCUT2D eigenvalue weighted by atomic mass is 10.1. The lowest BCUT2D eigenvalue weighted by molar-refractivity contribution is 0.403. The quantitative estimate of drug-likeness (QED) is 0.737. The van der Waals surface area contributed by atoms with E-state index in [9.17, 15) is 5.11 Å². The molecule has 116 valence electrons. The molecule has 0 amide bonds. The van der Waals surface area contributed by atoms with Crippen LogP contribution in [0.3, 0.4) is 0 Å². The molecule has 0 aliphatic heterocycles. The lowest BCUT2D eigenvalue weighted by Gasteiger charge is -2.15. The monoisotopic (exact) mass is 298 g/mol. The van der Waals surface area contributed by atoms with E-state index in [-0.39, 0.29) is 5.75 Å². The van der Waals surface area contributed by atoms with E-state index in [0.717, 1.165) is 23.2 Å². The van der Waals surface area contributed by atoms with E-state index in [1.807, 2.05) is 44.2 Å². The van der Waals surface area contributed by atoms with E-state index in [2.05, 4.69) is 5.32 Å². The van der Waals surface area contributed by atoms with E-state index < -0.39 is 0 Å². The molecule has 0 unspecified atom stereocenters. The van der Waals surface area contributed by atoms with Crippen molar-refractivity contribution in [1.82, 2.24) is 0 Å². The Morgan fingerprint density at radius 2 is 1.95 bits per heavy atom. The number of phenols is 1. The Bertz CT molecular complexity index is 676. The normalized spacial score (nSPS) is 11.3. The third-order valence-corrected chi connectivity index (χ3v) is 3.58. The molecular weight excluding hydrogens is 276 g/mol. The molecule has 2 rings (SSSR count). The van der Waals surface area contributed by atoms with Crippen molar-refractivity contribution in [2.24, 2.45) is 5.73 Å². The van der Waals surface area contributed by atoms with Gasteiger partial charge < -0.3 is 20.9 Å². The smallest absolute Gasteiger partial charge is 0.142 e. The molecule has 0 bridgehead atoms. The molecule has 0 aliphatic rings.